The first kappa shape index (κ1) is 24.6. The first-order valence-corrected chi connectivity index (χ1v) is 14.8. The molecule has 0 saturated heterocycles. The second-order valence-corrected chi connectivity index (χ2v) is 11.0. The second-order valence-electron chi connectivity index (χ2n) is 11.0. The smallest absolute Gasteiger partial charge is 0.231 e. The predicted octanol–water partition coefficient (Wildman–Crippen LogP) is 10.5. The maximum Gasteiger partial charge on any atom is 0.231 e. The van der Waals surface area contributed by atoms with Crippen molar-refractivity contribution in [3.63, 3.8) is 0 Å². The first-order chi connectivity index (χ1) is 21.8. The zero-order valence-electron chi connectivity index (χ0n) is 23.7. The lowest BCUT2D eigenvalue weighted by Crippen LogP contribution is -1.94. The topological polar surface area (TPSA) is 43.9 Å². The van der Waals surface area contributed by atoms with Gasteiger partial charge in [0.25, 0.3) is 0 Å². The number of hydrogen-bond donors (Lipinski definition) is 0. The highest BCUT2D eigenvalue weighted by molar-refractivity contribution is 6.12. The monoisotopic (exact) mass is 563 g/mol. The molecule has 0 saturated carbocycles. The van der Waals surface area contributed by atoms with Crippen LogP contribution < -0.4 is 0 Å². The molecule has 3 aromatic heterocycles. The van der Waals surface area contributed by atoms with Crippen LogP contribution in [0.4, 0.5) is 0 Å². The van der Waals surface area contributed by atoms with Crippen LogP contribution in [0.3, 0.4) is 0 Å². The largest absolute Gasteiger partial charge is 0.438 e. The van der Waals surface area contributed by atoms with Gasteiger partial charge in [-0.1, -0.05) is 109 Å². The molecule has 0 aliphatic heterocycles. The van der Waals surface area contributed by atoms with Crippen LogP contribution in [0.25, 0.3) is 83.3 Å². The molecule has 0 N–H and O–H groups in total. The molecule has 0 unspecified atom stereocenters. The molecule has 0 aliphatic carbocycles. The van der Waals surface area contributed by atoms with Crippen LogP contribution in [0, 0.1) is 0 Å². The Kier molecular flexibility index (Phi) is 5.47. The van der Waals surface area contributed by atoms with Crippen LogP contribution >= 0.6 is 0 Å². The number of nitrogens with zero attached hydrogens (tertiary/aromatic N) is 3. The van der Waals surface area contributed by atoms with Gasteiger partial charge in [0.1, 0.15) is 5.58 Å². The van der Waals surface area contributed by atoms with Gasteiger partial charge in [-0.25, -0.2) is 4.98 Å². The van der Waals surface area contributed by atoms with E-state index in [9.17, 15) is 0 Å². The zero-order chi connectivity index (χ0) is 29.0. The van der Waals surface area contributed by atoms with Crippen molar-refractivity contribution in [2.24, 2.45) is 0 Å². The van der Waals surface area contributed by atoms with Crippen LogP contribution in [-0.4, -0.2) is 14.5 Å². The fourth-order valence-electron chi connectivity index (χ4n) is 6.40. The van der Waals surface area contributed by atoms with Gasteiger partial charge in [0, 0.05) is 33.0 Å². The predicted molar refractivity (Wildman–Crippen MR) is 180 cm³/mol. The Morgan fingerprint density at radius 3 is 1.98 bits per heavy atom. The molecule has 9 aromatic rings. The summed E-state index contributed by atoms with van der Waals surface area (Å²) >= 11 is 0. The number of aromatic nitrogens is 3. The van der Waals surface area contributed by atoms with Crippen molar-refractivity contribution in [1.82, 2.24) is 14.5 Å². The minimum Gasteiger partial charge on any atom is -0.438 e. The van der Waals surface area contributed by atoms with E-state index in [0.717, 1.165) is 50.0 Å². The number of hydrogen-bond acceptors (Lipinski definition) is 3. The van der Waals surface area contributed by atoms with Crippen molar-refractivity contribution in [3.8, 4) is 39.5 Å². The SMILES string of the molecule is c1ccc(-c2nc(-c3cccc(-c4ccc5c(c4)c4ccccc4n5-c4ccccc4)c3)c3c(n2)oc2ccccc23)cc1. The fraction of sp³-hybridized carbons (Fsp3) is 0. The Hall–Kier alpha value is -6.00. The minimum atomic E-state index is 0.593. The molecule has 0 bridgehead atoms. The molecule has 4 heteroatoms. The molecule has 206 valence electrons. The van der Waals surface area contributed by atoms with Gasteiger partial charge in [0.05, 0.1) is 22.1 Å². The Labute approximate surface area is 253 Å². The van der Waals surface area contributed by atoms with E-state index in [0.29, 0.717) is 11.5 Å². The van der Waals surface area contributed by atoms with Gasteiger partial charge in [-0.3, -0.25) is 0 Å². The van der Waals surface area contributed by atoms with Gasteiger partial charge >= 0.3 is 0 Å². The zero-order valence-corrected chi connectivity index (χ0v) is 23.7. The summed E-state index contributed by atoms with van der Waals surface area (Å²) in [5, 5.41) is 4.40. The summed E-state index contributed by atoms with van der Waals surface area (Å²) in [5.41, 5.74) is 10.1. The Balaban J connectivity index is 1.25. The van der Waals surface area contributed by atoms with E-state index in [4.69, 9.17) is 14.4 Å². The number of para-hydroxylation sites is 3. The number of rotatable bonds is 4. The lowest BCUT2D eigenvalue weighted by atomic mass is 9.98. The van der Waals surface area contributed by atoms with Gasteiger partial charge in [-0.05, 0) is 53.6 Å². The van der Waals surface area contributed by atoms with Crippen molar-refractivity contribution in [2.75, 3.05) is 0 Å². The van der Waals surface area contributed by atoms with E-state index in [1.807, 2.05) is 48.5 Å². The summed E-state index contributed by atoms with van der Waals surface area (Å²) in [5.74, 6) is 0.646. The van der Waals surface area contributed by atoms with Crippen molar-refractivity contribution in [2.45, 2.75) is 0 Å². The van der Waals surface area contributed by atoms with Crippen molar-refractivity contribution < 1.29 is 4.42 Å². The average Bonchev–Trinajstić information content (AvgIpc) is 3.64. The average molecular weight is 564 g/mol. The van der Waals surface area contributed by atoms with E-state index in [2.05, 4.69) is 108 Å². The third-order valence-corrected chi connectivity index (χ3v) is 8.43. The summed E-state index contributed by atoms with van der Waals surface area (Å²) in [6.45, 7) is 0. The molecular formula is C40H25N3O. The second kappa shape index (κ2) is 9.79. The van der Waals surface area contributed by atoms with E-state index < -0.39 is 0 Å². The van der Waals surface area contributed by atoms with Crippen LogP contribution in [-0.2, 0) is 0 Å². The minimum absolute atomic E-state index is 0.593. The number of fused-ring (bicyclic) bond motifs is 6. The molecule has 0 amide bonds. The number of furan rings is 1. The molecule has 6 aromatic carbocycles. The van der Waals surface area contributed by atoms with Crippen LogP contribution in [0.2, 0.25) is 0 Å². The lowest BCUT2D eigenvalue weighted by Gasteiger charge is -2.10. The summed E-state index contributed by atoms with van der Waals surface area (Å²) in [4.78, 5) is 10.0. The van der Waals surface area contributed by atoms with Crippen molar-refractivity contribution in [3.05, 3.63) is 152 Å². The van der Waals surface area contributed by atoms with Gasteiger partial charge in [-0.15, -0.1) is 0 Å². The Bertz CT molecular complexity index is 2490. The molecule has 9 rings (SSSR count). The molecule has 0 radical (unpaired) electrons. The van der Waals surface area contributed by atoms with E-state index in [-0.39, 0.29) is 0 Å². The summed E-state index contributed by atoms with van der Waals surface area (Å²) in [6.07, 6.45) is 0. The highest BCUT2D eigenvalue weighted by Crippen LogP contribution is 2.39. The summed E-state index contributed by atoms with van der Waals surface area (Å²) < 4.78 is 8.61. The molecule has 44 heavy (non-hydrogen) atoms. The van der Waals surface area contributed by atoms with Crippen molar-refractivity contribution >= 4 is 43.9 Å². The van der Waals surface area contributed by atoms with Crippen molar-refractivity contribution in [1.29, 1.82) is 0 Å². The van der Waals surface area contributed by atoms with Gasteiger partial charge in [-0.2, -0.15) is 4.98 Å². The lowest BCUT2D eigenvalue weighted by molar-refractivity contribution is 0.653. The van der Waals surface area contributed by atoms with Gasteiger partial charge in [0.2, 0.25) is 5.71 Å². The van der Waals surface area contributed by atoms with Crippen LogP contribution in [0.1, 0.15) is 0 Å². The maximum absolute atomic E-state index is 6.27. The molecule has 0 fully saturated rings. The third kappa shape index (κ3) is 3.85. The van der Waals surface area contributed by atoms with Crippen LogP contribution in [0.5, 0.6) is 0 Å². The van der Waals surface area contributed by atoms with E-state index >= 15 is 0 Å². The standard InChI is InChI=1S/C40H25N3O/c1-3-12-26(13-4-1)39-41-38(37-32-19-8-10-21-36(32)44-40(37)42-39)29-15-11-14-27(24-29)28-22-23-35-33(25-28)31-18-7-9-20-34(31)43(35)30-16-5-2-6-17-30/h1-25H. The quantitative estimate of drug-likeness (QED) is 0.214. The number of benzene rings is 6. The summed E-state index contributed by atoms with van der Waals surface area (Å²) in [6, 6.07) is 52.8. The fourth-order valence-corrected chi connectivity index (χ4v) is 6.40. The molecule has 3 heterocycles. The maximum atomic E-state index is 6.27. The Morgan fingerprint density at radius 1 is 0.455 bits per heavy atom. The van der Waals surface area contributed by atoms with Gasteiger partial charge < -0.3 is 8.98 Å². The molecule has 0 atom stereocenters. The van der Waals surface area contributed by atoms with Crippen LogP contribution in [0.15, 0.2) is 156 Å². The highest BCUT2D eigenvalue weighted by atomic mass is 16.3. The Morgan fingerprint density at radius 2 is 1.11 bits per heavy atom. The van der Waals surface area contributed by atoms with E-state index in [1.165, 1.54) is 21.8 Å². The normalized spacial score (nSPS) is 11.6. The molecule has 4 nitrogen and oxygen atoms in total. The van der Waals surface area contributed by atoms with Gasteiger partial charge in [0.15, 0.2) is 5.82 Å². The molecule has 0 spiro atoms. The highest BCUT2D eigenvalue weighted by Gasteiger charge is 2.19. The first-order valence-electron chi connectivity index (χ1n) is 14.8. The molecule has 0 aliphatic rings. The molecular weight excluding hydrogens is 538 g/mol. The van der Waals surface area contributed by atoms with E-state index in [1.54, 1.807) is 0 Å². The third-order valence-electron chi connectivity index (χ3n) is 8.43. The summed E-state index contributed by atoms with van der Waals surface area (Å²) in [7, 11) is 0.